The molecule has 0 unspecified atom stereocenters. The van der Waals surface area contributed by atoms with E-state index in [1.165, 1.54) is 0 Å². The van der Waals surface area contributed by atoms with Crippen molar-refractivity contribution in [2.75, 3.05) is 50.1 Å². The van der Waals surface area contributed by atoms with Crippen LogP contribution in [0.5, 0.6) is 5.75 Å². The van der Waals surface area contributed by atoms with Crippen molar-refractivity contribution >= 4 is 17.5 Å². The third-order valence-corrected chi connectivity index (χ3v) is 6.16. The molecule has 38 heavy (non-hydrogen) atoms. The summed E-state index contributed by atoms with van der Waals surface area (Å²) in [6.07, 6.45) is 0.992. The van der Waals surface area contributed by atoms with Gasteiger partial charge in [0.05, 0.1) is 19.8 Å². The Kier molecular flexibility index (Phi) is 9.06. The van der Waals surface area contributed by atoms with E-state index >= 15 is 0 Å². The first-order valence-corrected chi connectivity index (χ1v) is 13.0. The average molecular weight is 517 g/mol. The number of benzene rings is 2. The monoisotopic (exact) mass is 516 g/mol. The molecule has 0 radical (unpaired) electrons. The SMILES string of the molecule is Cc1cc(OCCCN2CCOCC2)ccc1C#Cc1ccc(NC(=O)Nc2cc(C(C)(C)C)on2)cc1. The average Bonchev–Trinajstić information content (AvgIpc) is 3.37. The van der Waals surface area contributed by atoms with Crippen LogP contribution in [0.15, 0.2) is 53.1 Å². The molecule has 1 aromatic heterocycles. The lowest BCUT2D eigenvalue weighted by molar-refractivity contribution is 0.0358. The molecule has 200 valence electrons. The number of aromatic nitrogens is 1. The smallest absolute Gasteiger partial charge is 0.324 e. The van der Waals surface area contributed by atoms with E-state index in [9.17, 15) is 4.79 Å². The van der Waals surface area contributed by atoms with E-state index in [2.05, 4.69) is 32.5 Å². The number of amides is 2. The summed E-state index contributed by atoms with van der Waals surface area (Å²) in [7, 11) is 0. The first kappa shape index (κ1) is 27.2. The molecule has 0 aliphatic carbocycles. The Labute approximate surface area is 224 Å². The zero-order valence-corrected chi connectivity index (χ0v) is 22.6. The summed E-state index contributed by atoms with van der Waals surface area (Å²) in [4.78, 5) is 14.7. The number of nitrogens with one attached hydrogen (secondary N) is 2. The van der Waals surface area contributed by atoms with Crippen LogP contribution >= 0.6 is 0 Å². The van der Waals surface area contributed by atoms with E-state index in [1.807, 2.05) is 70.2 Å². The van der Waals surface area contributed by atoms with Crippen LogP contribution in [0.4, 0.5) is 16.3 Å². The van der Waals surface area contributed by atoms with Gasteiger partial charge in [0, 0.05) is 47.9 Å². The molecule has 1 aliphatic heterocycles. The summed E-state index contributed by atoms with van der Waals surface area (Å²) in [5.74, 6) is 8.36. The van der Waals surface area contributed by atoms with Crippen molar-refractivity contribution in [1.82, 2.24) is 10.1 Å². The van der Waals surface area contributed by atoms with Gasteiger partial charge in [-0.2, -0.15) is 0 Å². The van der Waals surface area contributed by atoms with Crippen LogP contribution < -0.4 is 15.4 Å². The second-order valence-corrected chi connectivity index (χ2v) is 10.4. The van der Waals surface area contributed by atoms with E-state index in [0.29, 0.717) is 23.9 Å². The molecule has 8 nitrogen and oxygen atoms in total. The van der Waals surface area contributed by atoms with Gasteiger partial charge >= 0.3 is 6.03 Å². The van der Waals surface area contributed by atoms with Crippen LogP contribution in [0.3, 0.4) is 0 Å². The lowest BCUT2D eigenvalue weighted by Crippen LogP contribution is -2.37. The molecular weight excluding hydrogens is 480 g/mol. The summed E-state index contributed by atoms with van der Waals surface area (Å²) < 4.78 is 16.6. The van der Waals surface area contributed by atoms with Gasteiger partial charge in [-0.3, -0.25) is 10.2 Å². The fraction of sp³-hybridized carbons (Fsp3) is 0.400. The quantitative estimate of drug-likeness (QED) is 0.322. The fourth-order valence-corrected chi connectivity index (χ4v) is 3.91. The maximum Gasteiger partial charge on any atom is 0.324 e. The maximum absolute atomic E-state index is 12.3. The molecule has 4 rings (SSSR count). The second kappa shape index (κ2) is 12.6. The zero-order chi connectivity index (χ0) is 27.0. The number of aryl methyl sites for hydroxylation is 1. The minimum Gasteiger partial charge on any atom is -0.494 e. The Morgan fingerprint density at radius 1 is 1.05 bits per heavy atom. The standard InChI is InChI=1S/C30H36N4O4/c1-22-20-26(37-17-5-14-34-15-18-36-19-16-34)13-10-24(22)9-6-23-7-11-25(12-8-23)31-29(35)32-28-21-27(38-33-28)30(2,3)4/h7-8,10-13,20-21H,5,14-19H2,1-4H3,(H2,31,32,33,35). The highest BCUT2D eigenvalue weighted by atomic mass is 16.5. The molecule has 1 aliphatic rings. The minimum atomic E-state index is -0.392. The van der Waals surface area contributed by atoms with Gasteiger partial charge in [0.1, 0.15) is 11.5 Å². The third kappa shape index (κ3) is 8.10. The number of hydrogen-bond donors (Lipinski definition) is 2. The van der Waals surface area contributed by atoms with Crippen LogP contribution in [0, 0.1) is 18.8 Å². The van der Waals surface area contributed by atoms with E-state index in [0.717, 1.165) is 61.7 Å². The molecule has 2 N–H and O–H groups in total. The summed E-state index contributed by atoms with van der Waals surface area (Å²) in [5.41, 5.74) is 3.34. The van der Waals surface area contributed by atoms with Crippen molar-refractivity contribution in [2.24, 2.45) is 0 Å². The van der Waals surface area contributed by atoms with Crippen molar-refractivity contribution in [3.05, 3.63) is 71.0 Å². The van der Waals surface area contributed by atoms with Gasteiger partial charge in [-0.1, -0.05) is 37.8 Å². The largest absolute Gasteiger partial charge is 0.494 e. The van der Waals surface area contributed by atoms with Gasteiger partial charge in [-0.25, -0.2) is 4.79 Å². The summed E-state index contributed by atoms with van der Waals surface area (Å²) in [6, 6.07) is 14.7. The Bertz CT molecular complexity index is 1280. The number of urea groups is 1. The van der Waals surface area contributed by atoms with E-state index < -0.39 is 6.03 Å². The minimum absolute atomic E-state index is 0.183. The van der Waals surface area contributed by atoms with E-state index in [1.54, 1.807) is 6.07 Å². The van der Waals surface area contributed by atoms with Crippen molar-refractivity contribution in [1.29, 1.82) is 0 Å². The number of carbonyl (C=O) groups is 1. The van der Waals surface area contributed by atoms with Gasteiger partial charge in [0.2, 0.25) is 0 Å². The number of ether oxygens (including phenoxy) is 2. The molecule has 2 amide bonds. The van der Waals surface area contributed by atoms with Crippen LogP contribution in [0.1, 0.15) is 49.6 Å². The molecule has 8 heteroatoms. The maximum atomic E-state index is 12.3. The lowest BCUT2D eigenvalue weighted by atomic mass is 9.93. The van der Waals surface area contributed by atoms with Crippen LogP contribution in [-0.2, 0) is 10.2 Å². The predicted octanol–water partition coefficient (Wildman–Crippen LogP) is 5.43. The van der Waals surface area contributed by atoms with Gasteiger partial charge in [-0.15, -0.1) is 0 Å². The van der Waals surface area contributed by atoms with E-state index in [4.69, 9.17) is 14.0 Å². The molecule has 2 aromatic carbocycles. The normalized spacial score (nSPS) is 13.9. The number of morpholine rings is 1. The first-order valence-electron chi connectivity index (χ1n) is 13.0. The Morgan fingerprint density at radius 3 is 2.50 bits per heavy atom. The van der Waals surface area contributed by atoms with Crippen molar-refractivity contribution < 1.29 is 18.8 Å². The van der Waals surface area contributed by atoms with Crippen LogP contribution in [0.25, 0.3) is 0 Å². The molecule has 0 bridgehead atoms. The van der Waals surface area contributed by atoms with Crippen molar-refractivity contribution in [3.63, 3.8) is 0 Å². The number of rotatable bonds is 7. The van der Waals surface area contributed by atoms with E-state index in [-0.39, 0.29) is 5.41 Å². The predicted molar refractivity (Wildman–Crippen MR) is 149 cm³/mol. The highest BCUT2D eigenvalue weighted by Crippen LogP contribution is 2.24. The molecule has 1 saturated heterocycles. The Hall–Kier alpha value is -3.80. The zero-order valence-electron chi connectivity index (χ0n) is 22.6. The Morgan fingerprint density at radius 2 is 1.82 bits per heavy atom. The Balaban J connectivity index is 1.25. The number of carbonyl (C=O) groups excluding carboxylic acids is 1. The number of hydrogen-bond acceptors (Lipinski definition) is 6. The number of anilines is 2. The molecule has 2 heterocycles. The molecule has 0 atom stereocenters. The molecule has 3 aromatic rings. The molecule has 0 saturated carbocycles. The summed E-state index contributed by atoms with van der Waals surface area (Å²) in [6.45, 7) is 13.5. The number of nitrogens with zero attached hydrogens (tertiary/aromatic N) is 2. The summed E-state index contributed by atoms with van der Waals surface area (Å²) >= 11 is 0. The van der Waals surface area contributed by atoms with Crippen molar-refractivity contribution in [2.45, 2.75) is 39.5 Å². The molecule has 1 fully saturated rings. The van der Waals surface area contributed by atoms with Gasteiger partial charge in [0.25, 0.3) is 0 Å². The topological polar surface area (TPSA) is 88.9 Å². The highest BCUT2D eigenvalue weighted by molar-refractivity contribution is 5.99. The summed E-state index contributed by atoms with van der Waals surface area (Å²) in [5, 5.41) is 9.38. The fourth-order valence-electron chi connectivity index (χ4n) is 3.91. The highest BCUT2D eigenvalue weighted by Gasteiger charge is 2.20. The lowest BCUT2D eigenvalue weighted by Gasteiger charge is -2.26. The third-order valence-electron chi connectivity index (χ3n) is 6.16. The molecular formula is C30H36N4O4. The molecule has 0 spiro atoms. The van der Waals surface area contributed by atoms with Crippen LogP contribution in [0.2, 0.25) is 0 Å². The van der Waals surface area contributed by atoms with Gasteiger partial charge in [-0.05, 0) is 61.4 Å². The first-order chi connectivity index (χ1) is 18.3. The van der Waals surface area contributed by atoms with Crippen LogP contribution in [-0.4, -0.2) is 55.5 Å². The van der Waals surface area contributed by atoms with Gasteiger partial charge < -0.3 is 19.3 Å². The second-order valence-electron chi connectivity index (χ2n) is 10.4. The van der Waals surface area contributed by atoms with Gasteiger partial charge in [0.15, 0.2) is 5.82 Å². The van der Waals surface area contributed by atoms with Crippen molar-refractivity contribution in [3.8, 4) is 17.6 Å².